The Labute approximate surface area is 154 Å². The van der Waals surface area contributed by atoms with E-state index in [9.17, 15) is 4.79 Å². The van der Waals surface area contributed by atoms with Crippen LogP contribution in [0.3, 0.4) is 0 Å². The topological polar surface area (TPSA) is 26.3 Å². The lowest BCUT2D eigenvalue weighted by molar-refractivity contribution is -0.109. The first-order valence-corrected chi connectivity index (χ1v) is 10.9. The number of carbonyl (C=O) groups excluding carboxylic acids is 1. The van der Waals surface area contributed by atoms with Crippen LogP contribution in [0.15, 0.2) is 59.1 Å². The normalized spacial score (nSPS) is 15.5. The van der Waals surface area contributed by atoms with Gasteiger partial charge in [-0.2, -0.15) is 0 Å². The SMILES string of the molecule is CC(CC=O)O[Si](c1ccccc1)(c1ccccc1Br)C(C)(C)C. The zero-order valence-electron chi connectivity index (χ0n) is 14.8. The molecule has 0 saturated heterocycles. The molecule has 0 fully saturated rings. The lowest BCUT2D eigenvalue weighted by Crippen LogP contribution is -2.68. The van der Waals surface area contributed by atoms with Crippen LogP contribution in [0.1, 0.15) is 34.1 Å². The van der Waals surface area contributed by atoms with E-state index in [0.717, 1.165) is 10.8 Å². The van der Waals surface area contributed by atoms with Crippen molar-refractivity contribution in [3.63, 3.8) is 0 Å². The Morgan fingerprint density at radius 1 is 1.08 bits per heavy atom. The average Bonchev–Trinajstić information content (AvgIpc) is 2.53. The summed E-state index contributed by atoms with van der Waals surface area (Å²) in [6.07, 6.45) is 1.22. The molecule has 24 heavy (non-hydrogen) atoms. The summed E-state index contributed by atoms with van der Waals surface area (Å²) in [6, 6.07) is 18.8. The maximum absolute atomic E-state index is 11.0. The molecule has 128 valence electrons. The van der Waals surface area contributed by atoms with Gasteiger partial charge in [0.25, 0.3) is 8.32 Å². The van der Waals surface area contributed by atoms with Gasteiger partial charge < -0.3 is 9.22 Å². The van der Waals surface area contributed by atoms with Gasteiger partial charge >= 0.3 is 0 Å². The summed E-state index contributed by atoms with van der Waals surface area (Å²) < 4.78 is 7.84. The Kier molecular flexibility index (Phi) is 6.18. The van der Waals surface area contributed by atoms with Gasteiger partial charge in [-0.05, 0) is 28.4 Å². The largest absolute Gasteiger partial charge is 0.404 e. The standard InChI is InChI=1S/C20H25BrO2Si/c1-16(14-15-22)23-24(20(2,3)4,17-10-6-5-7-11-17)19-13-9-8-12-18(19)21/h5-13,15-16H,14H2,1-4H3. The summed E-state index contributed by atoms with van der Waals surface area (Å²) in [6.45, 7) is 8.69. The molecule has 0 bridgehead atoms. The lowest BCUT2D eigenvalue weighted by Gasteiger charge is -2.45. The first-order chi connectivity index (χ1) is 11.3. The zero-order chi connectivity index (χ0) is 17.8. The highest BCUT2D eigenvalue weighted by atomic mass is 79.9. The minimum absolute atomic E-state index is 0.0879. The number of aldehydes is 1. The minimum Gasteiger partial charge on any atom is -0.404 e. The van der Waals surface area contributed by atoms with Crippen molar-refractivity contribution < 1.29 is 9.22 Å². The lowest BCUT2D eigenvalue weighted by atomic mass is 10.2. The van der Waals surface area contributed by atoms with Crippen molar-refractivity contribution in [1.29, 1.82) is 0 Å². The van der Waals surface area contributed by atoms with Crippen molar-refractivity contribution in [3.8, 4) is 0 Å². The van der Waals surface area contributed by atoms with Crippen LogP contribution in [0.25, 0.3) is 0 Å². The molecular weight excluding hydrogens is 380 g/mol. The first-order valence-electron chi connectivity index (χ1n) is 8.25. The van der Waals surface area contributed by atoms with Gasteiger partial charge in [0, 0.05) is 17.0 Å². The molecule has 0 aliphatic heterocycles. The van der Waals surface area contributed by atoms with Gasteiger partial charge in [-0.3, -0.25) is 0 Å². The van der Waals surface area contributed by atoms with E-state index >= 15 is 0 Å². The van der Waals surface area contributed by atoms with Crippen LogP contribution in [-0.4, -0.2) is 20.7 Å². The fourth-order valence-corrected chi connectivity index (χ4v) is 9.04. The van der Waals surface area contributed by atoms with E-state index in [4.69, 9.17) is 4.43 Å². The van der Waals surface area contributed by atoms with Crippen molar-refractivity contribution >= 4 is 40.9 Å². The number of carbonyl (C=O) groups is 1. The number of rotatable bonds is 6. The Morgan fingerprint density at radius 2 is 1.67 bits per heavy atom. The molecule has 0 saturated carbocycles. The van der Waals surface area contributed by atoms with Gasteiger partial charge in [-0.15, -0.1) is 0 Å². The fraction of sp³-hybridized carbons (Fsp3) is 0.350. The van der Waals surface area contributed by atoms with Crippen molar-refractivity contribution in [2.24, 2.45) is 0 Å². The number of hydrogen-bond donors (Lipinski definition) is 0. The average molecular weight is 405 g/mol. The third kappa shape index (κ3) is 3.71. The summed E-state index contributed by atoms with van der Waals surface area (Å²) >= 11 is 3.74. The molecule has 0 spiro atoms. The molecule has 0 aliphatic rings. The highest BCUT2D eigenvalue weighted by Crippen LogP contribution is 2.38. The van der Waals surface area contributed by atoms with Gasteiger partial charge in [-0.25, -0.2) is 0 Å². The summed E-state index contributed by atoms with van der Waals surface area (Å²) in [7, 11) is -2.60. The van der Waals surface area contributed by atoms with Crippen molar-refractivity contribution in [3.05, 3.63) is 59.1 Å². The van der Waals surface area contributed by atoms with Crippen LogP contribution in [0.4, 0.5) is 0 Å². The summed E-state index contributed by atoms with van der Waals surface area (Å²) in [4.78, 5) is 11.0. The summed E-state index contributed by atoms with van der Waals surface area (Å²) in [5.74, 6) is 0. The van der Waals surface area contributed by atoms with Gasteiger partial charge in [0.15, 0.2) is 0 Å². The predicted octanol–water partition coefficient (Wildman–Crippen LogP) is 4.30. The van der Waals surface area contributed by atoms with Gasteiger partial charge in [0.05, 0.1) is 0 Å². The molecule has 4 heteroatoms. The number of halogens is 1. The molecule has 2 aromatic carbocycles. The molecule has 0 amide bonds. The number of hydrogen-bond acceptors (Lipinski definition) is 2. The molecule has 2 unspecified atom stereocenters. The van der Waals surface area contributed by atoms with E-state index in [1.807, 2.05) is 19.1 Å². The van der Waals surface area contributed by atoms with E-state index in [1.54, 1.807) is 0 Å². The maximum atomic E-state index is 11.0. The van der Waals surface area contributed by atoms with Gasteiger partial charge in [-0.1, -0.05) is 85.2 Å². The molecular formula is C20H25BrO2Si. The van der Waals surface area contributed by atoms with Gasteiger partial charge in [0.2, 0.25) is 0 Å². The smallest absolute Gasteiger partial charge is 0.262 e. The van der Waals surface area contributed by atoms with E-state index in [1.165, 1.54) is 10.4 Å². The van der Waals surface area contributed by atoms with Crippen LogP contribution in [0.5, 0.6) is 0 Å². The van der Waals surface area contributed by atoms with Crippen LogP contribution in [0.2, 0.25) is 5.04 Å². The quantitative estimate of drug-likeness (QED) is 0.529. The third-order valence-electron chi connectivity index (χ3n) is 4.30. The Hall–Kier alpha value is -1.23. The second-order valence-corrected chi connectivity index (χ2v) is 12.2. The van der Waals surface area contributed by atoms with Gasteiger partial charge in [0.1, 0.15) is 6.29 Å². The Balaban J connectivity index is 2.74. The van der Waals surface area contributed by atoms with Crippen molar-refractivity contribution in [2.45, 2.75) is 45.3 Å². The zero-order valence-corrected chi connectivity index (χ0v) is 17.3. The predicted molar refractivity (Wildman–Crippen MR) is 107 cm³/mol. The van der Waals surface area contributed by atoms with E-state index < -0.39 is 8.32 Å². The van der Waals surface area contributed by atoms with Crippen LogP contribution < -0.4 is 10.4 Å². The van der Waals surface area contributed by atoms with E-state index in [2.05, 4.69) is 79.2 Å². The molecule has 2 aromatic rings. The summed E-state index contributed by atoms with van der Waals surface area (Å²) in [5.41, 5.74) is 0. The van der Waals surface area contributed by atoms with Crippen LogP contribution in [-0.2, 0) is 9.22 Å². The Bertz CT molecular complexity index is 682. The molecule has 2 rings (SSSR count). The fourth-order valence-electron chi connectivity index (χ4n) is 3.21. The molecule has 0 radical (unpaired) electrons. The molecule has 0 heterocycles. The van der Waals surface area contributed by atoms with Crippen molar-refractivity contribution in [2.75, 3.05) is 0 Å². The summed E-state index contributed by atoms with van der Waals surface area (Å²) in [5, 5.41) is 2.35. The second kappa shape index (κ2) is 7.77. The van der Waals surface area contributed by atoms with E-state index in [0.29, 0.717) is 6.42 Å². The van der Waals surface area contributed by atoms with E-state index in [-0.39, 0.29) is 11.1 Å². The highest BCUT2D eigenvalue weighted by molar-refractivity contribution is 9.10. The van der Waals surface area contributed by atoms with Crippen LogP contribution in [0, 0.1) is 0 Å². The molecule has 2 nitrogen and oxygen atoms in total. The second-order valence-electron chi connectivity index (χ2n) is 7.11. The monoisotopic (exact) mass is 404 g/mol. The minimum atomic E-state index is -2.60. The highest BCUT2D eigenvalue weighted by Gasteiger charge is 2.51. The molecule has 0 N–H and O–H groups in total. The first kappa shape index (κ1) is 19.1. The molecule has 2 atom stereocenters. The third-order valence-corrected chi connectivity index (χ3v) is 10.6. The van der Waals surface area contributed by atoms with Crippen molar-refractivity contribution in [1.82, 2.24) is 0 Å². The van der Waals surface area contributed by atoms with Crippen LogP contribution >= 0.6 is 15.9 Å². The Morgan fingerprint density at radius 3 is 2.21 bits per heavy atom. The number of benzene rings is 2. The molecule has 0 aromatic heterocycles. The molecule has 0 aliphatic carbocycles. The maximum Gasteiger partial charge on any atom is 0.262 e.